The second kappa shape index (κ2) is 9.71. The van der Waals surface area contributed by atoms with Crippen LogP contribution in [-0.2, 0) is 11.3 Å². The van der Waals surface area contributed by atoms with E-state index in [0.717, 1.165) is 45.3 Å². The molecule has 164 valence electrons. The Bertz CT molecular complexity index is 947. The second-order valence-corrected chi connectivity index (χ2v) is 8.74. The highest BCUT2D eigenvalue weighted by molar-refractivity contribution is 6.34. The number of nitrogens with zero attached hydrogens (tertiary/aromatic N) is 1. The van der Waals surface area contributed by atoms with Gasteiger partial charge >= 0.3 is 0 Å². The molecule has 1 aliphatic heterocycles. The number of likely N-dealkylation sites (tertiary alicyclic amines) is 1. The normalized spacial score (nSPS) is 19.0. The number of carbonyl (C=O) groups is 2. The number of carbonyl (C=O) groups excluding carboxylic acids is 2. The van der Waals surface area contributed by atoms with Gasteiger partial charge in [0.1, 0.15) is 5.75 Å². The first kappa shape index (κ1) is 21.7. The summed E-state index contributed by atoms with van der Waals surface area (Å²) in [6.45, 7) is 2.60. The molecule has 2 N–H and O–H groups in total. The zero-order valence-electron chi connectivity index (χ0n) is 17.7. The van der Waals surface area contributed by atoms with Crippen molar-refractivity contribution < 1.29 is 14.3 Å². The van der Waals surface area contributed by atoms with Crippen molar-refractivity contribution in [1.82, 2.24) is 10.2 Å². The van der Waals surface area contributed by atoms with Gasteiger partial charge in [0.15, 0.2) is 0 Å². The van der Waals surface area contributed by atoms with Crippen molar-refractivity contribution in [3.05, 3.63) is 58.6 Å². The lowest BCUT2D eigenvalue weighted by atomic mass is 9.85. The van der Waals surface area contributed by atoms with Gasteiger partial charge in [0.2, 0.25) is 5.91 Å². The first-order valence-corrected chi connectivity index (χ1v) is 11.2. The second-order valence-electron chi connectivity index (χ2n) is 8.33. The minimum Gasteiger partial charge on any atom is -0.496 e. The number of methoxy groups -OCH3 is 1. The Morgan fingerprint density at radius 1 is 1.16 bits per heavy atom. The highest BCUT2D eigenvalue weighted by atomic mass is 35.5. The number of benzene rings is 2. The molecule has 2 aliphatic rings. The van der Waals surface area contributed by atoms with Crippen LogP contribution in [0.5, 0.6) is 5.75 Å². The maximum Gasteiger partial charge on any atom is 0.255 e. The summed E-state index contributed by atoms with van der Waals surface area (Å²) < 4.78 is 5.43. The molecule has 0 unspecified atom stereocenters. The molecule has 2 fully saturated rings. The molecule has 6 nitrogen and oxygen atoms in total. The number of hydrogen-bond acceptors (Lipinski definition) is 4. The van der Waals surface area contributed by atoms with E-state index >= 15 is 0 Å². The van der Waals surface area contributed by atoms with Gasteiger partial charge in [-0.3, -0.25) is 14.5 Å². The molecule has 31 heavy (non-hydrogen) atoms. The first-order valence-electron chi connectivity index (χ1n) is 10.8. The van der Waals surface area contributed by atoms with Crippen LogP contribution in [0.2, 0.25) is 5.02 Å². The number of hydrogen-bond donors (Lipinski definition) is 2. The topological polar surface area (TPSA) is 70.7 Å². The third-order valence-electron chi connectivity index (χ3n) is 6.12. The molecule has 0 aromatic heterocycles. The van der Waals surface area contributed by atoms with Gasteiger partial charge in [0.05, 0.1) is 23.4 Å². The third-order valence-corrected chi connectivity index (χ3v) is 6.44. The van der Waals surface area contributed by atoms with E-state index in [0.29, 0.717) is 22.0 Å². The van der Waals surface area contributed by atoms with E-state index in [-0.39, 0.29) is 23.8 Å². The highest BCUT2D eigenvalue weighted by Crippen LogP contribution is 2.33. The molecule has 0 spiro atoms. The monoisotopic (exact) mass is 441 g/mol. The first-order chi connectivity index (χ1) is 15.0. The quantitative estimate of drug-likeness (QED) is 0.678. The van der Waals surface area contributed by atoms with E-state index in [9.17, 15) is 9.59 Å². The van der Waals surface area contributed by atoms with Crippen LogP contribution in [0.4, 0.5) is 5.69 Å². The number of ether oxygens (including phenoxy) is 1. The number of rotatable bonds is 7. The van der Waals surface area contributed by atoms with Crippen molar-refractivity contribution in [2.24, 2.45) is 5.92 Å². The molecule has 1 atom stereocenters. The van der Waals surface area contributed by atoms with Crippen molar-refractivity contribution >= 4 is 29.1 Å². The number of anilines is 1. The molecule has 1 saturated heterocycles. The Hall–Kier alpha value is -2.57. The molecular formula is C24H28ClN3O3. The van der Waals surface area contributed by atoms with Gasteiger partial charge in [-0.05, 0) is 30.9 Å². The van der Waals surface area contributed by atoms with Crippen molar-refractivity contribution in [2.75, 3.05) is 25.5 Å². The zero-order valence-corrected chi connectivity index (χ0v) is 18.5. The molecule has 1 saturated carbocycles. The molecule has 1 heterocycles. The smallest absolute Gasteiger partial charge is 0.255 e. The fourth-order valence-electron chi connectivity index (χ4n) is 4.10. The van der Waals surface area contributed by atoms with Gasteiger partial charge < -0.3 is 15.4 Å². The van der Waals surface area contributed by atoms with Gasteiger partial charge in [-0.25, -0.2) is 0 Å². The van der Waals surface area contributed by atoms with Crippen LogP contribution in [0, 0.1) is 5.92 Å². The van der Waals surface area contributed by atoms with Crippen LogP contribution in [-0.4, -0.2) is 43.0 Å². The minimum atomic E-state index is -0.220. The molecule has 2 aromatic rings. The van der Waals surface area contributed by atoms with E-state index < -0.39 is 0 Å². The van der Waals surface area contributed by atoms with Gasteiger partial charge in [-0.1, -0.05) is 48.4 Å². The largest absolute Gasteiger partial charge is 0.496 e. The predicted molar refractivity (Wildman–Crippen MR) is 122 cm³/mol. The highest BCUT2D eigenvalue weighted by Gasteiger charge is 2.28. The predicted octanol–water partition coefficient (Wildman–Crippen LogP) is 4.09. The third kappa shape index (κ3) is 5.20. The summed E-state index contributed by atoms with van der Waals surface area (Å²) in [6, 6.07) is 13.6. The maximum atomic E-state index is 12.9. The SMILES string of the molecule is COc1cc(NC(=O)C2CCC2)c(Cl)cc1C(=O)N[C@H]1CCN(Cc2ccccc2)C1. The standard InChI is InChI=1S/C24H28ClN3O3/c1-31-22-13-21(27-23(29)17-8-5-9-17)20(25)12-19(22)24(30)26-18-10-11-28(15-18)14-16-6-3-2-4-7-16/h2-4,6-7,12-13,17-18H,5,8-11,14-15H2,1H3,(H,26,30)(H,27,29)/t18-/m0/s1. The van der Waals surface area contributed by atoms with Crippen LogP contribution in [0.3, 0.4) is 0 Å². The van der Waals surface area contributed by atoms with Crippen LogP contribution in [0.25, 0.3) is 0 Å². The molecule has 2 amide bonds. The average molecular weight is 442 g/mol. The number of amides is 2. The molecule has 2 aromatic carbocycles. The van der Waals surface area contributed by atoms with Crippen molar-refractivity contribution in [3.8, 4) is 5.75 Å². The van der Waals surface area contributed by atoms with Crippen molar-refractivity contribution in [3.63, 3.8) is 0 Å². The average Bonchev–Trinajstić information content (AvgIpc) is 3.15. The lowest BCUT2D eigenvalue weighted by Crippen LogP contribution is -2.37. The van der Waals surface area contributed by atoms with Crippen LogP contribution in [0.15, 0.2) is 42.5 Å². The molecule has 1 aliphatic carbocycles. The Balaban J connectivity index is 1.38. The number of nitrogens with one attached hydrogen (secondary N) is 2. The molecule has 0 radical (unpaired) electrons. The molecular weight excluding hydrogens is 414 g/mol. The van der Waals surface area contributed by atoms with Gasteiger partial charge in [-0.2, -0.15) is 0 Å². The molecule has 4 rings (SSSR count). The molecule has 0 bridgehead atoms. The van der Waals surface area contributed by atoms with Gasteiger partial charge in [-0.15, -0.1) is 0 Å². The molecule has 7 heteroatoms. The summed E-state index contributed by atoms with van der Waals surface area (Å²) in [7, 11) is 1.51. The Morgan fingerprint density at radius 3 is 2.61 bits per heavy atom. The van der Waals surface area contributed by atoms with Crippen molar-refractivity contribution in [2.45, 2.75) is 38.3 Å². The summed E-state index contributed by atoms with van der Waals surface area (Å²) >= 11 is 6.38. The fraction of sp³-hybridized carbons (Fsp3) is 0.417. The summed E-state index contributed by atoms with van der Waals surface area (Å²) in [4.78, 5) is 27.5. The maximum absolute atomic E-state index is 12.9. The van der Waals surface area contributed by atoms with E-state index in [2.05, 4.69) is 27.7 Å². The van der Waals surface area contributed by atoms with Crippen LogP contribution in [0.1, 0.15) is 41.6 Å². The van der Waals surface area contributed by atoms with Crippen molar-refractivity contribution in [1.29, 1.82) is 0 Å². The summed E-state index contributed by atoms with van der Waals surface area (Å²) in [5, 5.41) is 6.30. The zero-order chi connectivity index (χ0) is 21.8. The van der Waals surface area contributed by atoms with E-state index in [4.69, 9.17) is 16.3 Å². The lowest BCUT2D eigenvalue weighted by Gasteiger charge is -2.24. The fourth-order valence-corrected chi connectivity index (χ4v) is 4.31. The summed E-state index contributed by atoms with van der Waals surface area (Å²) in [5.74, 6) is 0.190. The van der Waals surface area contributed by atoms with E-state index in [1.165, 1.54) is 12.7 Å². The van der Waals surface area contributed by atoms with Gasteiger partial charge in [0, 0.05) is 37.7 Å². The van der Waals surface area contributed by atoms with Crippen LogP contribution < -0.4 is 15.4 Å². The van der Waals surface area contributed by atoms with E-state index in [1.807, 2.05) is 18.2 Å². The Kier molecular flexibility index (Phi) is 6.78. The Labute approximate surface area is 187 Å². The number of halogens is 1. The Morgan fingerprint density at radius 2 is 1.94 bits per heavy atom. The van der Waals surface area contributed by atoms with Gasteiger partial charge in [0.25, 0.3) is 5.91 Å². The van der Waals surface area contributed by atoms with Crippen LogP contribution >= 0.6 is 11.6 Å². The summed E-state index contributed by atoms with van der Waals surface area (Å²) in [6.07, 6.45) is 3.79. The summed E-state index contributed by atoms with van der Waals surface area (Å²) in [5.41, 5.74) is 2.11. The lowest BCUT2D eigenvalue weighted by molar-refractivity contribution is -0.122. The minimum absolute atomic E-state index is 0.0307. The van der Waals surface area contributed by atoms with E-state index in [1.54, 1.807) is 12.1 Å².